The van der Waals surface area contributed by atoms with E-state index >= 15 is 0 Å². The van der Waals surface area contributed by atoms with E-state index in [0.717, 1.165) is 0 Å². The lowest BCUT2D eigenvalue weighted by Gasteiger charge is -2.06. The van der Waals surface area contributed by atoms with E-state index < -0.39 is 17.8 Å². The number of esters is 1. The first-order chi connectivity index (χ1) is 10.1. The van der Waals surface area contributed by atoms with Crippen molar-refractivity contribution in [3.05, 3.63) is 59.7 Å². The molecular formula is C15H13FN2O3. The van der Waals surface area contributed by atoms with Crippen LogP contribution in [0.25, 0.3) is 0 Å². The summed E-state index contributed by atoms with van der Waals surface area (Å²) in [5.41, 5.74) is 0.672. The number of anilines is 1. The van der Waals surface area contributed by atoms with Gasteiger partial charge in [0.05, 0.1) is 17.7 Å². The fourth-order valence-electron chi connectivity index (χ4n) is 1.66. The summed E-state index contributed by atoms with van der Waals surface area (Å²) in [6.07, 6.45) is 1.26. The minimum atomic E-state index is -0.835. The fourth-order valence-corrected chi connectivity index (χ4v) is 1.66. The van der Waals surface area contributed by atoms with Crippen molar-refractivity contribution in [3.8, 4) is 0 Å². The van der Waals surface area contributed by atoms with Gasteiger partial charge < -0.3 is 10.1 Å². The van der Waals surface area contributed by atoms with E-state index in [2.05, 4.69) is 10.3 Å². The molecule has 1 N–H and O–H groups in total. The van der Waals surface area contributed by atoms with Crippen molar-refractivity contribution in [3.63, 3.8) is 0 Å². The molecule has 0 radical (unpaired) electrons. The van der Waals surface area contributed by atoms with E-state index in [1.807, 2.05) is 0 Å². The molecule has 0 spiro atoms. The molecule has 1 heterocycles. The summed E-state index contributed by atoms with van der Waals surface area (Å²) in [7, 11) is 0. The van der Waals surface area contributed by atoms with E-state index in [-0.39, 0.29) is 12.2 Å². The number of benzene rings is 1. The number of aromatic nitrogens is 1. The summed E-state index contributed by atoms with van der Waals surface area (Å²) >= 11 is 0. The molecule has 2 aromatic rings. The number of hydrogen-bond acceptors (Lipinski definition) is 4. The summed E-state index contributed by atoms with van der Waals surface area (Å²) in [6.45, 7) is 2.01. The van der Waals surface area contributed by atoms with Crippen LogP contribution in [-0.4, -0.2) is 23.5 Å². The minimum absolute atomic E-state index is 0.146. The Labute approximate surface area is 120 Å². The Balaban J connectivity index is 2.09. The second-order valence-electron chi connectivity index (χ2n) is 4.09. The predicted molar refractivity (Wildman–Crippen MR) is 74.5 cm³/mol. The molecule has 0 atom stereocenters. The zero-order valence-electron chi connectivity index (χ0n) is 11.3. The summed E-state index contributed by atoms with van der Waals surface area (Å²) in [4.78, 5) is 26.8. The minimum Gasteiger partial charge on any atom is -0.462 e. The Kier molecular flexibility index (Phi) is 4.61. The van der Waals surface area contributed by atoms with Gasteiger partial charge in [-0.05, 0) is 43.3 Å². The van der Waals surface area contributed by atoms with Crippen LogP contribution in [0, 0.1) is 5.95 Å². The van der Waals surface area contributed by atoms with Gasteiger partial charge in [-0.2, -0.15) is 4.39 Å². The SMILES string of the molecule is CCOC(=O)c1ccc(NC(=O)c2cccnc2F)cc1. The molecule has 0 aliphatic heterocycles. The maximum absolute atomic E-state index is 13.4. The van der Waals surface area contributed by atoms with Crippen molar-refractivity contribution in [2.45, 2.75) is 6.92 Å². The molecule has 0 fully saturated rings. The molecule has 0 saturated heterocycles. The van der Waals surface area contributed by atoms with Gasteiger partial charge >= 0.3 is 5.97 Å². The molecular weight excluding hydrogens is 275 g/mol. The Morgan fingerprint density at radius 1 is 1.24 bits per heavy atom. The van der Waals surface area contributed by atoms with Crippen LogP contribution in [0.1, 0.15) is 27.6 Å². The lowest BCUT2D eigenvalue weighted by molar-refractivity contribution is 0.0526. The first kappa shape index (κ1) is 14.6. The molecule has 1 aromatic carbocycles. The van der Waals surface area contributed by atoms with Gasteiger partial charge in [-0.3, -0.25) is 4.79 Å². The predicted octanol–water partition coefficient (Wildman–Crippen LogP) is 2.65. The number of amides is 1. The highest BCUT2D eigenvalue weighted by atomic mass is 19.1. The molecule has 1 amide bonds. The molecule has 6 heteroatoms. The number of pyridine rings is 1. The third-order valence-electron chi connectivity index (χ3n) is 2.66. The van der Waals surface area contributed by atoms with Crippen LogP contribution in [0.2, 0.25) is 0 Å². The molecule has 21 heavy (non-hydrogen) atoms. The quantitative estimate of drug-likeness (QED) is 0.693. The Morgan fingerprint density at radius 2 is 1.95 bits per heavy atom. The summed E-state index contributed by atoms with van der Waals surface area (Å²) < 4.78 is 18.2. The average molecular weight is 288 g/mol. The summed E-state index contributed by atoms with van der Waals surface area (Å²) in [6, 6.07) is 8.93. The first-order valence-corrected chi connectivity index (χ1v) is 6.31. The van der Waals surface area contributed by atoms with Crippen LogP contribution < -0.4 is 5.32 Å². The lowest BCUT2D eigenvalue weighted by Crippen LogP contribution is -2.14. The van der Waals surface area contributed by atoms with Gasteiger partial charge in [-0.1, -0.05) is 0 Å². The van der Waals surface area contributed by atoms with Gasteiger partial charge in [0.2, 0.25) is 5.95 Å². The molecule has 2 rings (SSSR count). The monoisotopic (exact) mass is 288 g/mol. The van der Waals surface area contributed by atoms with Crippen LogP contribution in [-0.2, 0) is 4.74 Å². The van der Waals surface area contributed by atoms with Crippen LogP contribution in [0.4, 0.5) is 10.1 Å². The highest BCUT2D eigenvalue weighted by Crippen LogP contribution is 2.13. The van der Waals surface area contributed by atoms with Gasteiger partial charge in [0, 0.05) is 11.9 Å². The topological polar surface area (TPSA) is 68.3 Å². The largest absolute Gasteiger partial charge is 0.462 e. The van der Waals surface area contributed by atoms with E-state index in [1.165, 1.54) is 30.5 Å². The van der Waals surface area contributed by atoms with Gasteiger partial charge in [-0.25, -0.2) is 9.78 Å². The number of ether oxygens (including phenoxy) is 1. The number of hydrogen-bond donors (Lipinski definition) is 1. The third-order valence-corrected chi connectivity index (χ3v) is 2.66. The zero-order valence-corrected chi connectivity index (χ0v) is 11.3. The van der Waals surface area contributed by atoms with Crippen LogP contribution in [0.15, 0.2) is 42.6 Å². The van der Waals surface area contributed by atoms with Crippen molar-refractivity contribution >= 4 is 17.6 Å². The fraction of sp³-hybridized carbons (Fsp3) is 0.133. The number of carbonyl (C=O) groups is 2. The molecule has 0 saturated carbocycles. The Morgan fingerprint density at radius 3 is 2.57 bits per heavy atom. The van der Waals surface area contributed by atoms with Gasteiger partial charge in [0.1, 0.15) is 0 Å². The van der Waals surface area contributed by atoms with Gasteiger partial charge in [0.15, 0.2) is 0 Å². The number of nitrogens with one attached hydrogen (secondary N) is 1. The van der Waals surface area contributed by atoms with Crippen molar-refractivity contribution < 1.29 is 18.7 Å². The number of nitrogens with zero attached hydrogens (tertiary/aromatic N) is 1. The van der Waals surface area contributed by atoms with Crippen molar-refractivity contribution in [2.75, 3.05) is 11.9 Å². The van der Waals surface area contributed by atoms with Crippen molar-refractivity contribution in [2.24, 2.45) is 0 Å². The van der Waals surface area contributed by atoms with Crippen LogP contribution in [0.5, 0.6) is 0 Å². The Bertz CT molecular complexity index is 656. The van der Waals surface area contributed by atoms with E-state index in [1.54, 1.807) is 19.1 Å². The lowest BCUT2D eigenvalue weighted by atomic mass is 10.2. The Hall–Kier alpha value is -2.76. The van der Waals surface area contributed by atoms with E-state index in [9.17, 15) is 14.0 Å². The van der Waals surface area contributed by atoms with Crippen LogP contribution in [0.3, 0.4) is 0 Å². The number of carbonyl (C=O) groups excluding carboxylic acids is 2. The second-order valence-corrected chi connectivity index (χ2v) is 4.09. The van der Waals surface area contributed by atoms with Crippen molar-refractivity contribution in [1.82, 2.24) is 4.98 Å². The normalized spacial score (nSPS) is 10.0. The molecule has 108 valence electrons. The third kappa shape index (κ3) is 3.62. The molecule has 0 bridgehead atoms. The summed E-state index contributed by atoms with van der Waals surface area (Å²) in [5.74, 6) is -1.88. The molecule has 0 unspecified atom stereocenters. The highest BCUT2D eigenvalue weighted by Gasteiger charge is 2.12. The average Bonchev–Trinajstić information content (AvgIpc) is 2.48. The molecule has 0 aliphatic carbocycles. The van der Waals surface area contributed by atoms with Gasteiger partial charge in [0.25, 0.3) is 5.91 Å². The second kappa shape index (κ2) is 6.60. The standard InChI is InChI=1S/C15H13FN2O3/c1-2-21-15(20)10-5-7-11(8-6-10)18-14(19)12-4-3-9-17-13(12)16/h3-9H,2H2,1H3,(H,18,19). The number of halogens is 1. The first-order valence-electron chi connectivity index (χ1n) is 6.31. The van der Waals surface area contributed by atoms with Crippen LogP contribution >= 0.6 is 0 Å². The maximum Gasteiger partial charge on any atom is 0.338 e. The van der Waals surface area contributed by atoms with E-state index in [4.69, 9.17) is 4.74 Å². The molecule has 1 aromatic heterocycles. The maximum atomic E-state index is 13.4. The summed E-state index contributed by atoms with van der Waals surface area (Å²) in [5, 5.41) is 2.53. The van der Waals surface area contributed by atoms with Crippen molar-refractivity contribution in [1.29, 1.82) is 0 Å². The smallest absolute Gasteiger partial charge is 0.338 e. The number of rotatable bonds is 4. The van der Waals surface area contributed by atoms with Gasteiger partial charge in [-0.15, -0.1) is 0 Å². The highest BCUT2D eigenvalue weighted by molar-refractivity contribution is 6.04. The van der Waals surface area contributed by atoms with E-state index in [0.29, 0.717) is 11.3 Å². The molecule has 5 nitrogen and oxygen atoms in total. The zero-order chi connectivity index (χ0) is 15.2. The molecule has 0 aliphatic rings.